The van der Waals surface area contributed by atoms with Crippen molar-refractivity contribution in [1.29, 1.82) is 0 Å². The van der Waals surface area contributed by atoms with Crippen LogP contribution in [0, 0.1) is 4.77 Å². The Morgan fingerprint density at radius 3 is 2.54 bits per heavy atom. The lowest BCUT2D eigenvalue weighted by atomic mass is 10.2. The van der Waals surface area contributed by atoms with Gasteiger partial charge in [0.15, 0.2) is 5.82 Å². The van der Waals surface area contributed by atoms with Crippen molar-refractivity contribution in [2.75, 3.05) is 6.61 Å². The normalized spacial score (nSPS) is 11.0. The standard InChI is InChI=1S/C21H24N4O2S/c1-2-3-7-14-26-19-12-10-17(11-13-19)15-22-25-20(23-24-21(25)28)16-27-18-8-5-4-6-9-18/h4-6,8-13,15H,2-3,7,14,16H2,1H3,(H,24,28)/b22-15-. The number of hydrogen-bond acceptors (Lipinski definition) is 5. The van der Waals surface area contributed by atoms with Crippen molar-refractivity contribution >= 4 is 18.4 Å². The van der Waals surface area contributed by atoms with Gasteiger partial charge in [-0.2, -0.15) is 14.9 Å². The molecule has 1 heterocycles. The molecule has 0 saturated carbocycles. The van der Waals surface area contributed by atoms with Crippen LogP contribution in [0.2, 0.25) is 0 Å². The molecule has 7 heteroatoms. The summed E-state index contributed by atoms with van der Waals surface area (Å²) in [5.74, 6) is 2.23. The highest BCUT2D eigenvalue weighted by Crippen LogP contribution is 2.13. The first-order chi connectivity index (χ1) is 13.8. The smallest absolute Gasteiger partial charge is 0.216 e. The second-order valence-electron chi connectivity index (χ2n) is 6.23. The van der Waals surface area contributed by atoms with Crippen molar-refractivity contribution in [3.8, 4) is 11.5 Å². The van der Waals surface area contributed by atoms with Crippen LogP contribution in [0.4, 0.5) is 0 Å². The molecule has 0 bridgehead atoms. The average molecular weight is 397 g/mol. The van der Waals surface area contributed by atoms with Gasteiger partial charge >= 0.3 is 0 Å². The second-order valence-corrected chi connectivity index (χ2v) is 6.61. The van der Waals surface area contributed by atoms with Gasteiger partial charge in [0.05, 0.1) is 12.8 Å². The first kappa shape index (κ1) is 19.8. The van der Waals surface area contributed by atoms with Gasteiger partial charge in [-0.3, -0.25) is 0 Å². The van der Waals surface area contributed by atoms with Gasteiger partial charge in [0, 0.05) is 0 Å². The zero-order valence-electron chi connectivity index (χ0n) is 15.9. The zero-order valence-corrected chi connectivity index (χ0v) is 16.7. The fourth-order valence-corrected chi connectivity index (χ4v) is 2.72. The molecule has 1 N–H and O–H groups in total. The minimum atomic E-state index is 0.263. The van der Waals surface area contributed by atoms with Gasteiger partial charge in [0.2, 0.25) is 4.77 Å². The van der Waals surface area contributed by atoms with Crippen LogP contribution < -0.4 is 9.47 Å². The first-order valence-electron chi connectivity index (χ1n) is 9.37. The van der Waals surface area contributed by atoms with E-state index in [9.17, 15) is 0 Å². The van der Waals surface area contributed by atoms with E-state index in [0.29, 0.717) is 10.6 Å². The third-order valence-electron chi connectivity index (χ3n) is 4.05. The number of hydrogen-bond donors (Lipinski definition) is 1. The number of unbranched alkanes of at least 4 members (excludes halogenated alkanes) is 2. The summed E-state index contributed by atoms with van der Waals surface area (Å²) in [4.78, 5) is 0. The van der Waals surface area contributed by atoms with Gasteiger partial charge in [-0.15, -0.1) is 0 Å². The van der Waals surface area contributed by atoms with Crippen LogP contribution in [-0.4, -0.2) is 27.7 Å². The van der Waals surface area contributed by atoms with E-state index in [-0.39, 0.29) is 6.61 Å². The highest BCUT2D eigenvalue weighted by molar-refractivity contribution is 7.71. The molecule has 0 atom stereocenters. The molecule has 28 heavy (non-hydrogen) atoms. The summed E-state index contributed by atoms with van der Waals surface area (Å²) in [6.45, 7) is 3.19. The minimum Gasteiger partial charge on any atom is -0.494 e. The molecule has 0 spiro atoms. The summed E-state index contributed by atoms with van der Waals surface area (Å²) < 4.78 is 13.4. The van der Waals surface area contributed by atoms with Crippen molar-refractivity contribution in [3.05, 3.63) is 70.8 Å². The van der Waals surface area contributed by atoms with E-state index < -0.39 is 0 Å². The topological polar surface area (TPSA) is 64.4 Å². The summed E-state index contributed by atoms with van der Waals surface area (Å²) in [5, 5.41) is 11.4. The molecule has 2 aromatic carbocycles. The van der Waals surface area contributed by atoms with Crippen molar-refractivity contribution in [2.24, 2.45) is 5.10 Å². The SMILES string of the molecule is CCCCCOc1ccc(/C=N\n2c(COc3ccccc3)n[nH]c2=S)cc1. The fourth-order valence-electron chi connectivity index (χ4n) is 2.52. The minimum absolute atomic E-state index is 0.263. The molecule has 0 fully saturated rings. The van der Waals surface area contributed by atoms with Crippen LogP contribution in [-0.2, 0) is 6.61 Å². The molecule has 3 rings (SSSR count). The van der Waals surface area contributed by atoms with E-state index in [1.54, 1.807) is 10.9 Å². The van der Waals surface area contributed by atoms with Crippen molar-refractivity contribution < 1.29 is 9.47 Å². The number of H-pyrrole nitrogens is 1. The van der Waals surface area contributed by atoms with Crippen molar-refractivity contribution in [3.63, 3.8) is 0 Å². The lowest BCUT2D eigenvalue weighted by molar-refractivity contribution is 0.290. The summed E-state index contributed by atoms with van der Waals surface area (Å²) in [6.07, 6.45) is 5.19. The summed E-state index contributed by atoms with van der Waals surface area (Å²) in [7, 11) is 0. The van der Waals surface area contributed by atoms with Crippen LogP contribution >= 0.6 is 12.2 Å². The fraction of sp³-hybridized carbons (Fsp3) is 0.286. The van der Waals surface area contributed by atoms with E-state index >= 15 is 0 Å². The lowest BCUT2D eigenvalue weighted by Gasteiger charge is -2.06. The number of ether oxygens (including phenoxy) is 2. The zero-order chi connectivity index (χ0) is 19.6. The molecule has 0 aliphatic rings. The Morgan fingerprint density at radius 2 is 1.79 bits per heavy atom. The molecule has 1 aromatic heterocycles. The van der Waals surface area contributed by atoms with Crippen LogP contribution in [0.3, 0.4) is 0 Å². The Hall–Kier alpha value is -2.93. The third kappa shape index (κ3) is 5.79. The van der Waals surface area contributed by atoms with Gasteiger partial charge in [-0.25, -0.2) is 5.10 Å². The largest absolute Gasteiger partial charge is 0.494 e. The maximum atomic E-state index is 5.73. The number of aromatic nitrogens is 3. The Kier molecular flexibility index (Phi) is 7.37. The maximum absolute atomic E-state index is 5.73. The monoisotopic (exact) mass is 396 g/mol. The highest BCUT2D eigenvalue weighted by Gasteiger charge is 2.06. The maximum Gasteiger partial charge on any atom is 0.216 e. The van der Waals surface area contributed by atoms with Crippen LogP contribution in [0.15, 0.2) is 59.7 Å². The van der Waals surface area contributed by atoms with Gasteiger partial charge in [-0.05, 0) is 60.6 Å². The summed E-state index contributed by atoms with van der Waals surface area (Å²) in [6, 6.07) is 17.4. The molecular formula is C21H24N4O2S. The molecule has 0 saturated heterocycles. The summed E-state index contributed by atoms with van der Waals surface area (Å²) >= 11 is 5.26. The van der Waals surface area contributed by atoms with E-state index in [2.05, 4.69) is 22.2 Å². The highest BCUT2D eigenvalue weighted by atomic mass is 32.1. The van der Waals surface area contributed by atoms with E-state index in [0.717, 1.165) is 30.1 Å². The number of aromatic amines is 1. The molecule has 0 unspecified atom stereocenters. The van der Waals surface area contributed by atoms with Gasteiger partial charge in [0.25, 0.3) is 0 Å². The second kappa shape index (κ2) is 10.4. The molecular weight excluding hydrogens is 372 g/mol. The first-order valence-corrected chi connectivity index (χ1v) is 9.78. The third-order valence-corrected chi connectivity index (χ3v) is 4.31. The van der Waals surface area contributed by atoms with Crippen LogP contribution in [0.25, 0.3) is 0 Å². The lowest BCUT2D eigenvalue weighted by Crippen LogP contribution is -2.04. The van der Waals surface area contributed by atoms with Crippen molar-refractivity contribution in [2.45, 2.75) is 32.8 Å². The Labute approximate surface area is 169 Å². The molecule has 3 aromatic rings. The van der Waals surface area contributed by atoms with Gasteiger partial charge in [-0.1, -0.05) is 38.0 Å². The number of para-hydroxylation sites is 1. The number of nitrogens with zero attached hydrogens (tertiary/aromatic N) is 3. The van der Waals surface area contributed by atoms with E-state index in [1.807, 2.05) is 54.6 Å². The Balaban J connectivity index is 1.61. The van der Waals surface area contributed by atoms with Crippen LogP contribution in [0.1, 0.15) is 37.6 Å². The number of benzene rings is 2. The molecule has 0 amide bonds. The van der Waals surface area contributed by atoms with E-state index in [1.165, 1.54) is 12.8 Å². The molecule has 146 valence electrons. The Bertz CT molecular complexity index is 933. The molecule has 0 radical (unpaired) electrons. The Morgan fingerprint density at radius 1 is 1.04 bits per heavy atom. The molecule has 0 aliphatic heterocycles. The predicted molar refractivity (Wildman–Crippen MR) is 113 cm³/mol. The van der Waals surface area contributed by atoms with E-state index in [4.69, 9.17) is 21.7 Å². The quantitative estimate of drug-likeness (QED) is 0.298. The summed E-state index contributed by atoms with van der Waals surface area (Å²) in [5.41, 5.74) is 0.943. The van der Waals surface area contributed by atoms with Gasteiger partial charge in [0.1, 0.15) is 18.1 Å². The predicted octanol–water partition coefficient (Wildman–Crippen LogP) is 4.97. The number of nitrogens with one attached hydrogen (secondary N) is 1. The van der Waals surface area contributed by atoms with Crippen LogP contribution in [0.5, 0.6) is 11.5 Å². The average Bonchev–Trinajstić information content (AvgIpc) is 3.09. The molecule has 6 nitrogen and oxygen atoms in total. The number of rotatable bonds is 10. The van der Waals surface area contributed by atoms with Gasteiger partial charge < -0.3 is 9.47 Å². The molecule has 0 aliphatic carbocycles. The van der Waals surface area contributed by atoms with Crippen molar-refractivity contribution in [1.82, 2.24) is 14.9 Å².